The van der Waals surface area contributed by atoms with Crippen LogP contribution in [-0.2, 0) is 5.54 Å². The lowest BCUT2D eigenvalue weighted by Crippen LogP contribution is -2.35. The number of nitrogens with one attached hydrogen (secondary N) is 1. The van der Waals surface area contributed by atoms with E-state index in [4.69, 9.17) is 0 Å². The Morgan fingerprint density at radius 1 is 1.03 bits per heavy atom. The lowest BCUT2D eigenvalue weighted by molar-refractivity contribution is 0.0928. The Morgan fingerprint density at radius 2 is 1.83 bits per heavy atom. The second-order valence-electron chi connectivity index (χ2n) is 7.33. The molecule has 4 aromatic rings. The molecule has 1 saturated carbocycles. The fraction of sp³-hybridized carbons (Fsp3) is 0.125. The standard InChI is InChI=1S/C24H18N4O/c25-16-17-7-6-8-18(15-17)22-26-21(20-11-4-5-14-28(20)22)23(29)27-24(12-13-24)19-9-2-1-3-10-19/h1-11,14-15H,12-13H2,(H,27,29). The van der Waals surface area contributed by atoms with E-state index in [-0.39, 0.29) is 11.4 Å². The molecule has 5 rings (SSSR count). The maximum atomic E-state index is 13.2. The highest BCUT2D eigenvalue weighted by Gasteiger charge is 2.46. The van der Waals surface area contributed by atoms with Crippen LogP contribution in [0.4, 0.5) is 0 Å². The molecular weight excluding hydrogens is 360 g/mol. The van der Waals surface area contributed by atoms with Gasteiger partial charge in [0.2, 0.25) is 0 Å². The number of benzene rings is 2. The average Bonchev–Trinajstić information content (AvgIpc) is 3.45. The summed E-state index contributed by atoms with van der Waals surface area (Å²) < 4.78 is 1.90. The molecule has 1 N–H and O–H groups in total. The summed E-state index contributed by atoms with van der Waals surface area (Å²) in [6.07, 6.45) is 3.73. The van der Waals surface area contributed by atoms with Gasteiger partial charge >= 0.3 is 0 Å². The molecule has 1 aliphatic carbocycles. The maximum Gasteiger partial charge on any atom is 0.272 e. The number of hydrogen-bond acceptors (Lipinski definition) is 3. The third-order valence-electron chi connectivity index (χ3n) is 5.44. The van der Waals surface area contributed by atoms with E-state index in [2.05, 4.69) is 28.5 Å². The van der Waals surface area contributed by atoms with E-state index in [1.807, 2.05) is 59.1 Å². The highest BCUT2D eigenvalue weighted by Crippen LogP contribution is 2.45. The van der Waals surface area contributed by atoms with Crippen molar-refractivity contribution in [1.82, 2.24) is 14.7 Å². The summed E-state index contributed by atoms with van der Waals surface area (Å²) in [6, 6.07) is 25.2. The molecule has 0 atom stereocenters. The Bertz CT molecular complexity index is 1260. The van der Waals surface area contributed by atoms with Gasteiger partial charge in [-0.3, -0.25) is 9.20 Å². The minimum absolute atomic E-state index is 0.183. The third-order valence-corrected chi connectivity index (χ3v) is 5.44. The SMILES string of the molecule is N#Cc1cccc(-c2nc(C(=O)NC3(c4ccccc4)CC3)c3ccccn23)c1. The van der Waals surface area contributed by atoms with Crippen LogP contribution in [0.25, 0.3) is 16.9 Å². The van der Waals surface area contributed by atoms with Gasteiger partial charge in [0.15, 0.2) is 5.69 Å². The minimum Gasteiger partial charge on any atom is -0.341 e. The maximum absolute atomic E-state index is 13.2. The topological polar surface area (TPSA) is 70.2 Å². The number of nitrogens with zero attached hydrogens (tertiary/aromatic N) is 3. The molecule has 0 aliphatic heterocycles. The molecule has 2 aromatic carbocycles. The zero-order valence-corrected chi connectivity index (χ0v) is 15.7. The van der Waals surface area contributed by atoms with Gasteiger partial charge in [-0.2, -0.15) is 5.26 Å². The largest absolute Gasteiger partial charge is 0.341 e. The molecule has 2 heterocycles. The van der Waals surface area contributed by atoms with Crippen molar-refractivity contribution in [3.8, 4) is 17.5 Å². The average molecular weight is 378 g/mol. The molecule has 2 aromatic heterocycles. The van der Waals surface area contributed by atoms with Gasteiger partial charge in [-0.05, 0) is 42.7 Å². The van der Waals surface area contributed by atoms with Crippen molar-refractivity contribution in [1.29, 1.82) is 5.26 Å². The van der Waals surface area contributed by atoms with Gasteiger partial charge in [0, 0.05) is 11.8 Å². The van der Waals surface area contributed by atoms with Gasteiger partial charge in [-0.15, -0.1) is 0 Å². The Morgan fingerprint density at radius 3 is 2.59 bits per heavy atom. The van der Waals surface area contributed by atoms with Gasteiger partial charge in [-0.1, -0.05) is 48.5 Å². The van der Waals surface area contributed by atoms with Crippen LogP contribution < -0.4 is 5.32 Å². The monoisotopic (exact) mass is 378 g/mol. The highest BCUT2D eigenvalue weighted by atomic mass is 16.2. The van der Waals surface area contributed by atoms with E-state index < -0.39 is 0 Å². The molecule has 5 heteroatoms. The van der Waals surface area contributed by atoms with Crippen molar-refractivity contribution >= 4 is 11.4 Å². The number of hydrogen-bond donors (Lipinski definition) is 1. The van der Waals surface area contributed by atoms with E-state index in [0.29, 0.717) is 17.1 Å². The Balaban J connectivity index is 1.56. The zero-order chi connectivity index (χ0) is 19.8. The van der Waals surface area contributed by atoms with E-state index in [1.165, 1.54) is 0 Å². The van der Waals surface area contributed by atoms with Crippen LogP contribution in [0.2, 0.25) is 0 Å². The van der Waals surface area contributed by atoms with Crippen molar-refractivity contribution in [3.63, 3.8) is 0 Å². The lowest BCUT2D eigenvalue weighted by atomic mass is 10.0. The molecule has 1 amide bonds. The molecule has 1 fully saturated rings. The molecule has 0 bridgehead atoms. The predicted molar refractivity (Wildman–Crippen MR) is 110 cm³/mol. The molecule has 0 radical (unpaired) electrons. The summed E-state index contributed by atoms with van der Waals surface area (Å²) in [5.41, 5.74) is 3.31. The molecule has 1 aliphatic rings. The van der Waals surface area contributed by atoms with E-state index >= 15 is 0 Å². The first-order valence-electron chi connectivity index (χ1n) is 9.56. The van der Waals surface area contributed by atoms with Crippen molar-refractivity contribution in [3.05, 3.63) is 95.8 Å². The highest BCUT2D eigenvalue weighted by molar-refractivity contribution is 6.00. The fourth-order valence-corrected chi connectivity index (χ4v) is 3.78. The lowest BCUT2D eigenvalue weighted by Gasteiger charge is -2.17. The van der Waals surface area contributed by atoms with Crippen molar-refractivity contribution < 1.29 is 4.79 Å². The predicted octanol–water partition coefficient (Wildman–Crippen LogP) is 4.29. The number of carbonyl (C=O) groups excluding carboxylic acids is 1. The second-order valence-corrected chi connectivity index (χ2v) is 7.33. The molecule has 29 heavy (non-hydrogen) atoms. The number of fused-ring (bicyclic) bond motifs is 1. The summed E-state index contributed by atoms with van der Waals surface area (Å²) in [5, 5.41) is 12.4. The number of amides is 1. The zero-order valence-electron chi connectivity index (χ0n) is 15.7. The Kier molecular flexibility index (Phi) is 3.92. The molecule has 0 unspecified atom stereocenters. The van der Waals surface area contributed by atoms with Crippen LogP contribution in [0.3, 0.4) is 0 Å². The summed E-state index contributed by atoms with van der Waals surface area (Å²) in [6.45, 7) is 0. The number of aromatic nitrogens is 2. The first-order valence-corrected chi connectivity index (χ1v) is 9.56. The molecule has 0 saturated heterocycles. The Labute approximate surface area is 168 Å². The van der Waals surface area contributed by atoms with Gasteiger partial charge in [-0.25, -0.2) is 4.98 Å². The number of nitriles is 1. The minimum atomic E-state index is -0.302. The van der Waals surface area contributed by atoms with Gasteiger partial charge < -0.3 is 5.32 Å². The molecular formula is C24H18N4O. The van der Waals surface area contributed by atoms with Crippen LogP contribution in [0.5, 0.6) is 0 Å². The Hall–Kier alpha value is -3.91. The smallest absolute Gasteiger partial charge is 0.272 e. The molecule has 5 nitrogen and oxygen atoms in total. The van der Waals surface area contributed by atoms with Crippen molar-refractivity contribution in [2.75, 3.05) is 0 Å². The fourth-order valence-electron chi connectivity index (χ4n) is 3.78. The summed E-state index contributed by atoms with van der Waals surface area (Å²) in [4.78, 5) is 17.9. The summed E-state index contributed by atoms with van der Waals surface area (Å²) in [5.74, 6) is 0.463. The first kappa shape index (κ1) is 17.2. The summed E-state index contributed by atoms with van der Waals surface area (Å²) in [7, 11) is 0. The normalized spacial score (nSPS) is 14.3. The number of imidazole rings is 1. The number of rotatable bonds is 4. The van der Waals surface area contributed by atoms with E-state index in [9.17, 15) is 10.1 Å². The third kappa shape index (κ3) is 2.95. The first-order chi connectivity index (χ1) is 14.2. The van der Waals surface area contributed by atoms with Crippen LogP contribution in [0.1, 0.15) is 34.5 Å². The number of pyridine rings is 1. The van der Waals surface area contributed by atoms with Gasteiger partial charge in [0.25, 0.3) is 5.91 Å². The quantitative estimate of drug-likeness (QED) is 0.576. The van der Waals surface area contributed by atoms with Crippen LogP contribution in [0, 0.1) is 11.3 Å². The van der Waals surface area contributed by atoms with Crippen molar-refractivity contribution in [2.24, 2.45) is 0 Å². The van der Waals surface area contributed by atoms with Gasteiger partial charge in [0.05, 0.1) is 22.7 Å². The molecule has 0 spiro atoms. The summed E-state index contributed by atoms with van der Waals surface area (Å²) >= 11 is 0. The van der Waals surface area contributed by atoms with E-state index in [0.717, 1.165) is 29.5 Å². The van der Waals surface area contributed by atoms with Crippen LogP contribution in [-0.4, -0.2) is 15.3 Å². The van der Waals surface area contributed by atoms with E-state index in [1.54, 1.807) is 12.1 Å². The van der Waals surface area contributed by atoms with Crippen LogP contribution in [0.15, 0.2) is 79.0 Å². The second kappa shape index (κ2) is 6.61. The molecule has 140 valence electrons. The number of carbonyl (C=O) groups is 1. The van der Waals surface area contributed by atoms with Crippen LogP contribution >= 0.6 is 0 Å². The van der Waals surface area contributed by atoms with Gasteiger partial charge in [0.1, 0.15) is 5.82 Å². The van der Waals surface area contributed by atoms with Crippen molar-refractivity contribution in [2.45, 2.75) is 18.4 Å².